The molecule has 6 heteroatoms. The smallest absolute Gasteiger partial charge is 0.318 e. The molecule has 0 radical (unpaired) electrons. The number of aryl methyl sites for hydroxylation is 1. The average molecular weight is 526 g/mol. The predicted molar refractivity (Wildman–Crippen MR) is 142 cm³/mol. The number of carbonyl (C=O) groups excluding carboxylic acids is 2. The van der Waals surface area contributed by atoms with Crippen molar-refractivity contribution in [2.75, 3.05) is 0 Å². The van der Waals surface area contributed by atoms with Crippen LogP contribution in [0.2, 0.25) is 0 Å². The van der Waals surface area contributed by atoms with Gasteiger partial charge in [0.25, 0.3) is 5.91 Å². The highest BCUT2D eigenvalue weighted by molar-refractivity contribution is 9.10. The lowest BCUT2D eigenvalue weighted by molar-refractivity contribution is -0.123. The Morgan fingerprint density at radius 2 is 1.51 bits per heavy atom. The first-order valence-corrected chi connectivity index (χ1v) is 12.1. The van der Waals surface area contributed by atoms with Gasteiger partial charge in [0.2, 0.25) is 0 Å². The van der Waals surface area contributed by atoms with Crippen molar-refractivity contribution in [1.82, 2.24) is 14.8 Å². The molecule has 0 spiro atoms. The standard InChI is InChI=1S/C29H24BrN3O2/c1-19-16-24(17-27-28(34)32(29(35)31-27)18-21-8-12-25(30)13-9-21)20(2)33(19)26-14-10-23(11-15-26)22-6-4-3-5-7-22/h3-17H,18H2,1-2H3,(H,31,35)/b27-17-. The third-order valence-electron chi connectivity index (χ3n) is 6.22. The Hall–Kier alpha value is -3.90. The van der Waals surface area contributed by atoms with Crippen molar-refractivity contribution in [3.05, 3.63) is 118 Å². The molecule has 1 saturated heterocycles. The molecule has 0 atom stereocenters. The molecule has 5 rings (SSSR count). The van der Waals surface area contributed by atoms with E-state index in [2.05, 4.69) is 62.2 Å². The number of nitrogens with one attached hydrogen (secondary N) is 1. The second-order valence-electron chi connectivity index (χ2n) is 8.58. The van der Waals surface area contributed by atoms with E-state index < -0.39 is 6.03 Å². The minimum atomic E-state index is -0.408. The molecule has 35 heavy (non-hydrogen) atoms. The summed E-state index contributed by atoms with van der Waals surface area (Å²) in [5, 5.41) is 2.74. The Morgan fingerprint density at radius 3 is 2.20 bits per heavy atom. The van der Waals surface area contributed by atoms with Crippen LogP contribution < -0.4 is 5.32 Å². The van der Waals surface area contributed by atoms with E-state index in [1.54, 1.807) is 6.08 Å². The number of hydrogen-bond donors (Lipinski definition) is 1. The topological polar surface area (TPSA) is 54.3 Å². The summed E-state index contributed by atoms with van der Waals surface area (Å²) < 4.78 is 3.10. The second-order valence-corrected chi connectivity index (χ2v) is 9.50. The fourth-order valence-electron chi connectivity index (χ4n) is 4.41. The molecule has 174 valence electrons. The summed E-state index contributed by atoms with van der Waals surface area (Å²) in [6, 6.07) is 27.9. The highest BCUT2D eigenvalue weighted by atomic mass is 79.9. The van der Waals surface area contributed by atoms with Crippen LogP contribution in [0.25, 0.3) is 22.9 Å². The predicted octanol–water partition coefficient (Wildman–Crippen LogP) is 6.62. The molecule has 4 aromatic rings. The number of aromatic nitrogens is 1. The molecule has 5 nitrogen and oxygen atoms in total. The van der Waals surface area contributed by atoms with Crippen molar-refractivity contribution in [3.8, 4) is 16.8 Å². The van der Waals surface area contributed by atoms with Crippen molar-refractivity contribution >= 4 is 33.9 Å². The molecular weight excluding hydrogens is 502 g/mol. The zero-order valence-corrected chi connectivity index (χ0v) is 21.0. The van der Waals surface area contributed by atoms with E-state index in [4.69, 9.17) is 0 Å². The quantitative estimate of drug-likeness (QED) is 0.235. The Bertz CT molecular complexity index is 1440. The number of imide groups is 1. The highest BCUT2D eigenvalue weighted by Crippen LogP contribution is 2.27. The first-order chi connectivity index (χ1) is 16.9. The first-order valence-electron chi connectivity index (χ1n) is 11.3. The summed E-state index contributed by atoms with van der Waals surface area (Å²) in [6.45, 7) is 4.28. The number of carbonyl (C=O) groups is 2. The van der Waals surface area contributed by atoms with Gasteiger partial charge in [-0.3, -0.25) is 9.69 Å². The van der Waals surface area contributed by atoms with Gasteiger partial charge in [0, 0.05) is 21.5 Å². The van der Waals surface area contributed by atoms with Gasteiger partial charge in [-0.2, -0.15) is 0 Å². The summed E-state index contributed by atoms with van der Waals surface area (Å²) >= 11 is 3.40. The maximum atomic E-state index is 13.0. The molecule has 1 aliphatic heterocycles. The van der Waals surface area contributed by atoms with Gasteiger partial charge in [-0.25, -0.2) is 4.79 Å². The molecular formula is C29H24BrN3O2. The van der Waals surface area contributed by atoms with Crippen molar-refractivity contribution < 1.29 is 9.59 Å². The van der Waals surface area contributed by atoms with Crippen molar-refractivity contribution in [2.45, 2.75) is 20.4 Å². The van der Waals surface area contributed by atoms with Crippen LogP contribution in [0.5, 0.6) is 0 Å². The summed E-state index contributed by atoms with van der Waals surface area (Å²) in [5.74, 6) is -0.324. The third-order valence-corrected chi connectivity index (χ3v) is 6.75. The molecule has 2 heterocycles. The molecule has 0 aliphatic carbocycles. The Morgan fingerprint density at radius 1 is 0.857 bits per heavy atom. The van der Waals surface area contributed by atoms with Crippen molar-refractivity contribution in [1.29, 1.82) is 0 Å². The van der Waals surface area contributed by atoms with E-state index >= 15 is 0 Å². The van der Waals surface area contributed by atoms with Crippen LogP contribution in [0.15, 0.2) is 95.1 Å². The monoisotopic (exact) mass is 525 g/mol. The molecule has 0 bridgehead atoms. The molecule has 1 N–H and O–H groups in total. The summed E-state index contributed by atoms with van der Waals surface area (Å²) in [4.78, 5) is 26.8. The average Bonchev–Trinajstić information content (AvgIpc) is 3.30. The lowest BCUT2D eigenvalue weighted by Gasteiger charge is -2.12. The van der Waals surface area contributed by atoms with Crippen molar-refractivity contribution in [3.63, 3.8) is 0 Å². The molecule has 0 saturated carbocycles. The fourth-order valence-corrected chi connectivity index (χ4v) is 4.67. The van der Waals surface area contributed by atoms with E-state index in [9.17, 15) is 9.59 Å². The van der Waals surface area contributed by atoms with Crippen molar-refractivity contribution in [2.24, 2.45) is 0 Å². The summed E-state index contributed by atoms with van der Waals surface area (Å²) in [7, 11) is 0. The minimum absolute atomic E-state index is 0.224. The van der Waals surface area contributed by atoms with Crippen LogP contribution >= 0.6 is 15.9 Å². The van der Waals surface area contributed by atoms with Crippen LogP contribution in [-0.4, -0.2) is 21.4 Å². The summed E-state index contributed by atoms with van der Waals surface area (Å²) in [6.07, 6.45) is 1.76. The number of benzene rings is 3. The number of rotatable bonds is 5. The SMILES string of the molecule is Cc1cc(/C=C2\NC(=O)N(Cc3ccc(Br)cc3)C2=O)c(C)n1-c1ccc(-c2ccccc2)cc1. The molecule has 3 amide bonds. The highest BCUT2D eigenvalue weighted by Gasteiger charge is 2.33. The van der Waals surface area contributed by atoms with Gasteiger partial charge in [-0.05, 0) is 72.5 Å². The van der Waals surface area contributed by atoms with Gasteiger partial charge in [0.1, 0.15) is 5.70 Å². The minimum Gasteiger partial charge on any atom is -0.318 e. The molecule has 3 aromatic carbocycles. The zero-order chi connectivity index (χ0) is 24.5. The normalized spacial score (nSPS) is 14.6. The van der Waals surface area contributed by atoms with Gasteiger partial charge in [-0.15, -0.1) is 0 Å². The Balaban J connectivity index is 1.40. The van der Waals surface area contributed by atoms with Crippen LogP contribution in [0.3, 0.4) is 0 Å². The van der Waals surface area contributed by atoms with Crippen LogP contribution in [0, 0.1) is 13.8 Å². The van der Waals surface area contributed by atoms with Crippen LogP contribution in [-0.2, 0) is 11.3 Å². The van der Waals surface area contributed by atoms with E-state index in [1.807, 2.05) is 62.4 Å². The number of urea groups is 1. The number of nitrogens with zero attached hydrogens (tertiary/aromatic N) is 2. The van der Waals surface area contributed by atoms with Gasteiger partial charge in [0.05, 0.1) is 6.54 Å². The van der Waals surface area contributed by atoms with E-state index in [1.165, 1.54) is 10.5 Å². The zero-order valence-electron chi connectivity index (χ0n) is 19.5. The second kappa shape index (κ2) is 9.39. The molecule has 1 aromatic heterocycles. The number of halogens is 1. The molecule has 1 aliphatic rings. The molecule has 1 fully saturated rings. The van der Waals surface area contributed by atoms with Gasteiger partial charge >= 0.3 is 6.03 Å². The maximum Gasteiger partial charge on any atom is 0.329 e. The van der Waals surface area contributed by atoms with Gasteiger partial charge < -0.3 is 9.88 Å². The maximum absolute atomic E-state index is 13.0. The van der Waals surface area contributed by atoms with E-state index in [0.717, 1.165) is 38.2 Å². The Labute approximate surface area is 212 Å². The number of amides is 3. The van der Waals surface area contributed by atoms with Gasteiger partial charge in [-0.1, -0.05) is 70.5 Å². The lowest BCUT2D eigenvalue weighted by Crippen LogP contribution is -2.30. The lowest BCUT2D eigenvalue weighted by atomic mass is 10.1. The largest absolute Gasteiger partial charge is 0.329 e. The number of hydrogen-bond acceptors (Lipinski definition) is 2. The Kier molecular flexibility index (Phi) is 6.14. The van der Waals surface area contributed by atoms with Crippen LogP contribution in [0.1, 0.15) is 22.5 Å². The van der Waals surface area contributed by atoms with E-state index in [0.29, 0.717) is 0 Å². The van der Waals surface area contributed by atoms with Gasteiger partial charge in [0.15, 0.2) is 0 Å². The first kappa shape index (κ1) is 22.9. The summed E-state index contributed by atoms with van der Waals surface area (Å²) in [5.41, 5.74) is 7.48. The van der Waals surface area contributed by atoms with Crippen LogP contribution in [0.4, 0.5) is 4.79 Å². The molecule has 0 unspecified atom stereocenters. The van der Waals surface area contributed by atoms with E-state index in [-0.39, 0.29) is 18.1 Å². The third kappa shape index (κ3) is 4.57. The fraction of sp³-hybridized carbons (Fsp3) is 0.103.